The molecule has 0 aromatic carbocycles. The van der Waals surface area contributed by atoms with Gasteiger partial charge in [0.2, 0.25) is 5.91 Å². The number of hydrogen-bond acceptors (Lipinski definition) is 2. The van der Waals surface area contributed by atoms with Crippen molar-refractivity contribution in [1.29, 1.82) is 0 Å². The molecular weight excluding hydrogens is 434 g/mol. The van der Waals surface area contributed by atoms with E-state index < -0.39 is 12.0 Å². The first-order valence-corrected chi connectivity index (χ1v) is 15.0. The Morgan fingerprint density at radius 1 is 0.857 bits per heavy atom. The molecular formula is C31H51NO3. The van der Waals surface area contributed by atoms with Crippen LogP contribution < -0.4 is 5.32 Å². The molecule has 5 rings (SSSR count). The number of aliphatic carboxylic acids is 1. The molecule has 5 aliphatic rings. The molecule has 0 spiro atoms. The van der Waals surface area contributed by atoms with E-state index in [1.54, 1.807) is 6.92 Å². The van der Waals surface area contributed by atoms with Crippen molar-refractivity contribution >= 4 is 11.9 Å². The van der Waals surface area contributed by atoms with Gasteiger partial charge in [0, 0.05) is 0 Å². The number of hydrogen-bond donors (Lipinski definition) is 2. The van der Waals surface area contributed by atoms with E-state index in [1.165, 1.54) is 44.9 Å². The Bertz CT molecular complexity index is 854. The Balaban J connectivity index is 1.48. The van der Waals surface area contributed by atoms with Gasteiger partial charge in [0.05, 0.1) is 5.41 Å². The molecule has 2 N–H and O–H groups in total. The fourth-order valence-electron chi connectivity index (χ4n) is 11.5. The van der Waals surface area contributed by atoms with Crippen molar-refractivity contribution in [2.75, 3.05) is 0 Å². The van der Waals surface area contributed by atoms with Gasteiger partial charge in [-0.15, -0.1) is 0 Å². The molecule has 0 radical (unpaired) electrons. The summed E-state index contributed by atoms with van der Waals surface area (Å²) in [6.45, 7) is 14.2. The zero-order chi connectivity index (χ0) is 25.3. The van der Waals surface area contributed by atoms with E-state index in [-0.39, 0.29) is 11.3 Å². The summed E-state index contributed by atoms with van der Waals surface area (Å²) < 4.78 is 0. The maximum atomic E-state index is 13.8. The second kappa shape index (κ2) is 8.76. The molecule has 4 heteroatoms. The van der Waals surface area contributed by atoms with Gasteiger partial charge >= 0.3 is 5.97 Å². The molecule has 1 amide bonds. The Labute approximate surface area is 213 Å². The summed E-state index contributed by atoms with van der Waals surface area (Å²) in [5.41, 5.74) is 0.529. The lowest BCUT2D eigenvalue weighted by Gasteiger charge is -2.67. The summed E-state index contributed by atoms with van der Waals surface area (Å²) in [4.78, 5) is 25.4. The Morgan fingerprint density at radius 2 is 1.51 bits per heavy atom. The highest BCUT2D eigenvalue weighted by Gasteiger charge is 2.67. The third kappa shape index (κ3) is 3.65. The molecule has 4 nitrogen and oxygen atoms in total. The highest BCUT2D eigenvalue weighted by molar-refractivity contribution is 5.88. The van der Waals surface area contributed by atoms with Crippen LogP contribution in [0.2, 0.25) is 0 Å². The molecule has 5 aliphatic carbocycles. The minimum atomic E-state index is -0.932. The molecule has 5 saturated carbocycles. The predicted octanol–water partition coefficient (Wildman–Crippen LogP) is 6.92. The van der Waals surface area contributed by atoms with Crippen molar-refractivity contribution in [3.05, 3.63) is 0 Å². The normalized spacial score (nSPS) is 49.9. The van der Waals surface area contributed by atoms with E-state index in [2.05, 4.69) is 39.9 Å². The Kier molecular flexibility index (Phi) is 6.40. The SMILES string of the molecule is CC(NC(=O)C12CCC(C(C)C)C1C1CCC3C4(C)CCCC(C)C4CCC3(C)C1CC2)C(=O)O. The number of carboxylic acids is 1. The first kappa shape index (κ1) is 25.6. The Morgan fingerprint density at radius 3 is 2.20 bits per heavy atom. The van der Waals surface area contributed by atoms with E-state index in [4.69, 9.17) is 0 Å². The lowest BCUT2D eigenvalue weighted by molar-refractivity contribution is -0.190. The summed E-state index contributed by atoms with van der Waals surface area (Å²) in [6, 6.07) is -0.815. The van der Waals surface area contributed by atoms with Gasteiger partial charge in [-0.05, 0) is 123 Å². The van der Waals surface area contributed by atoms with Crippen molar-refractivity contribution in [2.24, 2.45) is 63.6 Å². The van der Waals surface area contributed by atoms with Gasteiger partial charge in [-0.2, -0.15) is 0 Å². The number of carbonyl (C=O) groups excluding carboxylic acids is 1. The smallest absolute Gasteiger partial charge is 0.325 e. The minimum absolute atomic E-state index is 0.0445. The highest BCUT2D eigenvalue weighted by Crippen LogP contribution is 2.72. The molecule has 0 heterocycles. The van der Waals surface area contributed by atoms with Gasteiger partial charge in [0.15, 0.2) is 0 Å². The largest absolute Gasteiger partial charge is 0.480 e. The summed E-state index contributed by atoms with van der Waals surface area (Å²) in [7, 11) is 0. The van der Waals surface area contributed by atoms with Crippen molar-refractivity contribution in [2.45, 2.75) is 118 Å². The first-order valence-electron chi connectivity index (χ1n) is 15.0. The number of nitrogens with one attached hydrogen (secondary N) is 1. The average molecular weight is 486 g/mol. The van der Waals surface area contributed by atoms with Gasteiger partial charge in [0.1, 0.15) is 6.04 Å². The van der Waals surface area contributed by atoms with E-state index in [0.717, 1.165) is 49.4 Å². The maximum absolute atomic E-state index is 13.8. The number of carboxylic acid groups (broad SMARTS) is 1. The van der Waals surface area contributed by atoms with Crippen LogP contribution in [0.15, 0.2) is 0 Å². The summed E-state index contributed by atoms with van der Waals surface area (Å²) >= 11 is 0. The van der Waals surface area contributed by atoms with Crippen LogP contribution in [0.3, 0.4) is 0 Å². The molecule has 11 atom stereocenters. The van der Waals surface area contributed by atoms with Crippen LogP contribution in [0, 0.1) is 63.6 Å². The van der Waals surface area contributed by atoms with Crippen molar-refractivity contribution in [3.63, 3.8) is 0 Å². The van der Waals surface area contributed by atoms with Crippen LogP contribution in [-0.2, 0) is 9.59 Å². The van der Waals surface area contributed by atoms with Gasteiger partial charge in [-0.3, -0.25) is 9.59 Å². The molecule has 5 fully saturated rings. The fourth-order valence-corrected chi connectivity index (χ4v) is 11.5. The second-order valence-corrected chi connectivity index (χ2v) is 14.6. The number of amides is 1. The first-order chi connectivity index (χ1) is 16.5. The Hall–Kier alpha value is -1.06. The minimum Gasteiger partial charge on any atom is -0.480 e. The third-order valence-corrected chi connectivity index (χ3v) is 13.1. The third-order valence-electron chi connectivity index (χ3n) is 13.1. The van der Waals surface area contributed by atoms with Gasteiger partial charge in [-0.25, -0.2) is 0 Å². The van der Waals surface area contributed by atoms with Crippen LogP contribution in [0.1, 0.15) is 112 Å². The second-order valence-electron chi connectivity index (χ2n) is 14.6. The zero-order valence-corrected chi connectivity index (χ0v) is 23.2. The summed E-state index contributed by atoms with van der Waals surface area (Å²) in [6.07, 6.45) is 13.8. The van der Waals surface area contributed by atoms with Crippen LogP contribution in [0.5, 0.6) is 0 Å². The molecule has 35 heavy (non-hydrogen) atoms. The predicted molar refractivity (Wildman–Crippen MR) is 140 cm³/mol. The van der Waals surface area contributed by atoms with Crippen molar-refractivity contribution in [3.8, 4) is 0 Å². The van der Waals surface area contributed by atoms with Crippen LogP contribution in [0.25, 0.3) is 0 Å². The number of fused-ring (bicyclic) bond motifs is 7. The monoisotopic (exact) mass is 485 g/mol. The number of carbonyl (C=O) groups is 2. The molecule has 0 bridgehead atoms. The lowest BCUT2D eigenvalue weighted by atomic mass is 9.37. The highest BCUT2D eigenvalue weighted by atomic mass is 16.4. The van der Waals surface area contributed by atoms with E-state index >= 15 is 0 Å². The summed E-state index contributed by atoms with van der Waals surface area (Å²) in [5.74, 6) is 4.60. The van der Waals surface area contributed by atoms with Crippen LogP contribution in [0.4, 0.5) is 0 Å². The standard InChI is InChI=1S/C31H51NO3/c1-18(2)21-11-16-31(28(35)32-20(4)27(33)34)17-13-24-22(26(21)31)9-10-25-29(5)14-7-8-19(3)23(29)12-15-30(24,25)6/h18-26H,7-17H2,1-6H3,(H,32,35)(H,33,34). The maximum Gasteiger partial charge on any atom is 0.325 e. The molecule has 11 unspecified atom stereocenters. The summed E-state index contributed by atoms with van der Waals surface area (Å²) in [5, 5.41) is 12.4. The van der Waals surface area contributed by atoms with E-state index in [9.17, 15) is 14.7 Å². The molecule has 198 valence electrons. The van der Waals surface area contributed by atoms with Gasteiger partial charge in [0.25, 0.3) is 0 Å². The lowest BCUT2D eigenvalue weighted by Crippen LogP contribution is -2.62. The van der Waals surface area contributed by atoms with Crippen LogP contribution >= 0.6 is 0 Å². The fraction of sp³-hybridized carbons (Fsp3) is 0.935. The van der Waals surface area contributed by atoms with Crippen molar-refractivity contribution < 1.29 is 14.7 Å². The average Bonchev–Trinajstić information content (AvgIpc) is 3.20. The topological polar surface area (TPSA) is 66.4 Å². The molecule has 0 saturated heterocycles. The molecule has 0 aliphatic heterocycles. The quantitative estimate of drug-likeness (QED) is 0.454. The van der Waals surface area contributed by atoms with Crippen molar-refractivity contribution in [1.82, 2.24) is 5.32 Å². The van der Waals surface area contributed by atoms with Gasteiger partial charge in [-0.1, -0.05) is 47.5 Å². The molecule has 0 aromatic rings. The molecule has 0 aromatic heterocycles. The number of rotatable bonds is 4. The van der Waals surface area contributed by atoms with Gasteiger partial charge < -0.3 is 10.4 Å². The van der Waals surface area contributed by atoms with E-state index in [1.807, 2.05) is 0 Å². The zero-order valence-electron chi connectivity index (χ0n) is 23.2. The van der Waals surface area contributed by atoms with Crippen LogP contribution in [-0.4, -0.2) is 23.0 Å². The van der Waals surface area contributed by atoms with E-state index in [0.29, 0.717) is 34.5 Å².